The van der Waals surface area contributed by atoms with E-state index in [0.29, 0.717) is 18.4 Å². The van der Waals surface area contributed by atoms with Crippen molar-refractivity contribution in [3.05, 3.63) is 71.8 Å². The van der Waals surface area contributed by atoms with Crippen molar-refractivity contribution in [1.29, 1.82) is 0 Å². The lowest BCUT2D eigenvalue weighted by Gasteiger charge is -2.23. The highest BCUT2D eigenvalue weighted by atomic mass is 28.3. The van der Waals surface area contributed by atoms with Crippen LogP contribution in [0.4, 0.5) is 0 Å². The Kier molecular flexibility index (Phi) is 9.65. The Morgan fingerprint density at radius 3 is 2.03 bits per heavy atom. The monoisotopic (exact) mass is 454 g/mol. The molecule has 0 saturated heterocycles. The summed E-state index contributed by atoms with van der Waals surface area (Å²) in [6.45, 7) is 6.83. The molecule has 0 aliphatic heterocycles. The predicted octanol–water partition coefficient (Wildman–Crippen LogP) is 3.80. The highest BCUT2D eigenvalue weighted by Crippen LogP contribution is 2.15. The first-order valence-corrected chi connectivity index (χ1v) is 14.7. The lowest BCUT2D eigenvalue weighted by molar-refractivity contribution is -0.145. The van der Waals surface area contributed by atoms with Gasteiger partial charge in [0.25, 0.3) is 5.91 Å². The number of amides is 2. The first-order chi connectivity index (χ1) is 15.2. The van der Waals surface area contributed by atoms with Crippen molar-refractivity contribution < 1.29 is 19.1 Å². The number of ether oxygens (including phenoxy) is 1. The second-order valence-corrected chi connectivity index (χ2v) is 14.7. The average molecular weight is 455 g/mol. The minimum Gasteiger partial charge on any atom is -0.467 e. The molecule has 7 heteroatoms. The Morgan fingerprint density at radius 2 is 1.47 bits per heavy atom. The summed E-state index contributed by atoms with van der Waals surface area (Å²) in [7, 11) is 0.0128. The van der Waals surface area contributed by atoms with Gasteiger partial charge in [0, 0.05) is 20.1 Å². The van der Waals surface area contributed by atoms with Gasteiger partial charge in [-0.1, -0.05) is 80.6 Å². The maximum atomic E-state index is 13.2. The van der Waals surface area contributed by atoms with Gasteiger partial charge >= 0.3 is 5.97 Å². The minimum absolute atomic E-state index is 0.309. The summed E-state index contributed by atoms with van der Waals surface area (Å²) in [4.78, 5) is 38.2. The van der Waals surface area contributed by atoms with Gasteiger partial charge < -0.3 is 15.4 Å². The largest absolute Gasteiger partial charge is 0.467 e. The summed E-state index contributed by atoms with van der Waals surface area (Å²) < 4.78 is 4.91. The maximum Gasteiger partial charge on any atom is 0.328 e. The van der Waals surface area contributed by atoms with Crippen LogP contribution in [-0.4, -0.2) is 45.1 Å². The van der Waals surface area contributed by atoms with Crippen molar-refractivity contribution >= 4 is 25.9 Å². The normalized spacial score (nSPS) is 13.0. The Morgan fingerprint density at radius 1 is 0.875 bits per heavy atom. The van der Waals surface area contributed by atoms with Crippen molar-refractivity contribution in [2.75, 3.05) is 7.11 Å². The van der Waals surface area contributed by atoms with Gasteiger partial charge in [-0.2, -0.15) is 0 Å². The molecule has 1 unspecified atom stereocenters. The molecule has 2 N–H and O–H groups in total. The third kappa shape index (κ3) is 8.67. The Labute approximate surface area is 191 Å². The average Bonchev–Trinajstić information content (AvgIpc) is 2.77. The smallest absolute Gasteiger partial charge is 0.328 e. The second kappa shape index (κ2) is 12.2. The number of hydrogen-bond acceptors (Lipinski definition) is 4. The number of esters is 1. The number of carbonyl (C=O) groups excluding carboxylic acids is 3. The van der Waals surface area contributed by atoms with E-state index in [0.717, 1.165) is 18.0 Å². The van der Waals surface area contributed by atoms with Gasteiger partial charge in [0.2, 0.25) is 5.91 Å². The van der Waals surface area contributed by atoms with Crippen LogP contribution in [0.1, 0.15) is 28.8 Å². The van der Waals surface area contributed by atoms with Gasteiger partial charge in [0.15, 0.2) is 0 Å². The number of methoxy groups -OCH3 is 1. The molecular weight excluding hydrogens is 420 g/mol. The van der Waals surface area contributed by atoms with E-state index >= 15 is 0 Å². The molecule has 0 bridgehead atoms. The van der Waals surface area contributed by atoms with Crippen molar-refractivity contribution in [2.45, 2.75) is 57.0 Å². The van der Waals surface area contributed by atoms with Crippen LogP contribution in [0.15, 0.2) is 60.7 Å². The van der Waals surface area contributed by atoms with Gasteiger partial charge in [-0.3, -0.25) is 9.59 Å². The Bertz CT molecular complexity index is 882. The summed E-state index contributed by atoms with van der Waals surface area (Å²) in [5.74, 6) is -1.20. The third-order valence-corrected chi connectivity index (χ3v) is 7.02. The van der Waals surface area contributed by atoms with Gasteiger partial charge in [-0.05, 0) is 24.1 Å². The number of carbonyl (C=O) groups is 3. The highest BCUT2D eigenvalue weighted by Gasteiger charge is 2.28. The van der Waals surface area contributed by atoms with Crippen LogP contribution >= 0.6 is 0 Å². The summed E-state index contributed by atoms with van der Waals surface area (Å²) in [5.41, 5.74) is 1.40. The van der Waals surface area contributed by atoms with E-state index in [2.05, 4.69) is 30.3 Å². The first kappa shape index (κ1) is 25.3. The molecule has 0 aliphatic carbocycles. The van der Waals surface area contributed by atoms with E-state index in [-0.39, 0.29) is 11.8 Å². The van der Waals surface area contributed by atoms with Gasteiger partial charge in [-0.15, -0.1) is 0 Å². The molecule has 0 aromatic heterocycles. The van der Waals surface area contributed by atoms with Crippen LogP contribution in [0, 0.1) is 0 Å². The molecule has 2 aromatic rings. The van der Waals surface area contributed by atoms with Crippen LogP contribution in [0.3, 0.4) is 0 Å². The molecule has 32 heavy (non-hydrogen) atoms. The highest BCUT2D eigenvalue weighted by molar-refractivity contribution is 6.76. The molecule has 2 aromatic carbocycles. The fraction of sp³-hybridized carbons (Fsp3) is 0.400. The molecule has 0 aliphatic rings. The van der Waals surface area contributed by atoms with E-state index < -0.39 is 26.1 Å². The fourth-order valence-corrected chi connectivity index (χ4v) is 4.66. The molecule has 2 atom stereocenters. The maximum absolute atomic E-state index is 13.2. The number of hydrogen-bond donors (Lipinski definition) is 2. The molecule has 0 heterocycles. The van der Waals surface area contributed by atoms with E-state index in [1.165, 1.54) is 7.11 Å². The quantitative estimate of drug-likeness (QED) is 0.399. The zero-order valence-corrected chi connectivity index (χ0v) is 20.4. The number of rotatable bonds is 11. The Hall–Kier alpha value is -2.93. The molecule has 0 radical (unpaired) electrons. The lowest BCUT2D eigenvalue weighted by Crippen LogP contribution is -2.52. The van der Waals surface area contributed by atoms with Crippen molar-refractivity contribution in [1.82, 2.24) is 10.6 Å². The van der Waals surface area contributed by atoms with E-state index in [9.17, 15) is 14.4 Å². The molecule has 2 amide bonds. The van der Waals surface area contributed by atoms with Crippen LogP contribution < -0.4 is 10.6 Å². The number of benzene rings is 2. The second-order valence-electron chi connectivity index (χ2n) is 9.12. The third-order valence-electron chi connectivity index (χ3n) is 5.16. The van der Waals surface area contributed by atoms with E-state index in [1.807, 2.05) is 36.4 Å². The van der Waals surface area contributed by atoms with Gasteiger partial charge in [0.1, 0.15) is 12.1 Å². The van der Waals surface area contributed by atoms with Crippen molar-refractivity contribution in [2.24, 2.45) is 0 Å². The zero-order chi connectivity index (χ0) is 23.6. The Balaban J connectivity index is 2.14. The molecule has 172 valence electrons. The van der Waals surface area contributed by atoms with Crippen LogP contribution in [0.5, 0.6) is 0 Å². The van der Waals surface area contributed by atoms with E-state index in [4.69, 9.17) is 4.74 Å². The molecule has 0 fully saturated rings. The molecule has 0 spiro atoms. The number of nitrogens with one attached hydrogen (secondary N) is 2. The van der Waals surface area contributed by atoms with Crippen molar-refractivity contribution in [3.63, 3.8) is 0 Å². The van der Waals surface area contributed by atoms with Crippen molar-refractivity contribution in [3.8, 4) is 0 Å². The van der Waals surface area contributed by atoms with E-state index in [1.54, 1.807) is 24.3 Å². The lowest BCUT2D eigenvalue weighted by atomic mass is 10.0. The molecule has 2 rings (SSSR count). The van der Waals surface area contributed by atoms with Gasteiger partial charge in [-0.25, -0.2) is 4.79 Å². The van der Waals surface area contributed by atoms with Crippen LogP contribution in [0.25, 0.3) is 0 Å². The summed E-state index contributed by atoms with van der Waals surface area (Å²) in [6.07, 6.45) is 1.64. The van der Waals surface area contributed by atoms with Gasteiger partial charge in [0.05, 0.1) is 7.11 Å². The summed E-state index contributed by atoms with van der Waals surface area (Å²) >= 11 is 0. The predicted molar refractivity (Wildman–Crippen MR) is 129 cm³/mol. The molecule has 6 nitrogen and oxygen atoms in total. The van der Waals surface area contributed by atoms with Crippen LogP contribution in [-0.2, 0) is 20.7 Å². The topological polar surface area (TPSA) is 84.5 Å². The standard InChI is InChI=1S/C25H34N2O4Si/c1-31-25(30)22(18-19-12-7-5-8-13-19)27-24(29)21(16-11-17-32(2,3)4)26-23(28)20-14-9-6-10-15-20/h5-10,12-15,21-22H,11,16-18H2,1-4H3,(H,26,28)(H,27,29)/t21?,22-/m0/s1. The summed E-state index contributed by atoms with van der Waals surface area (Å²) in [5, 5.41) is 5.66. The SMILES string of the molecule is COC(=O)[C@H](Cc1ccccc1)NC(=O)C(CCC[Si](C)(C)C)NC(=O)c1ccccc1. The van der Waals surface area contributed by atoms with Crippen LogP contribution in [0.2, 0.25) is 25.7 Å². The minimum atomic E-state index is -1.29. The first-order valence-electron chi connectivity index (χ1n) is 11.0. The summed E-state index contributed by atoms with van der Waals surface area (Å²) in [6, 6.07) is 17.7. The molecular formula is C25H34N2O4Si. The molecule has 0 saturated carbocycles. The fourth-order valence-electron chi connectivity index (χ4n) is 3.39. The zero-order valence-electron chi connectivity index (χ0n) is 19.4.